The number of halogens is 1. The van der Waals surface area contributed by atoms with E-state index in [0.29, 0.717) is 22.9 Å². The maximum absolute atomic E-state index is 14.0. The van der Waals surface area contributed by atoms with Gasteiger partial charge in [0.25, 0.3) is 0 Å². The Morgan fingerprint density at radius 2 is 1.47 bits per heavy atom. The largest absolute Gasteiger partial charge is 0.466 e. The van der Waals surface area contributed by atoms with Gasteiger partial charge in [-0.1, -0.05) is 32.6 Å². The van der Waals surface area contributed by atoms with Crippen LogP contribution in [0.2, 0.25) is 0 Å². The molecule has 6 rings (SSSR count). The number of fused-ring (bicyclic) bond motifs is 7. The Labute approximate surface area is 357 Å². The van der Waals surface area contributed by atoms with E-state index in [2.05, 4.69) is 22.5 Å². The van der Waals surface area contributed by atoms with Crippen molar-refractivity contribution in [1.82, 2.24) is 4.90 Å². The third kappa shape index (κ3) is 7.14. The van der Waals surface area contributed by atoms with Gasteiger partial charge in [0.2, 0.25) is 0 Å². The molecule has 0 radical (unpaired) electrons. The number of hydrogen-bond acceptors (Lipinski definition) is 15. The lowest BCUT2D eigenvalue weighted by Crippen LogP contribution is -2.83. The monoisotopic (exact) mass is 899 g/mol. The number of cyclic esters (lactones) is 1. The summed E-state index contributed by atoms with van der Waals surface area (Å²) in [6.07, 6.45) is -4.00. The second-order valence-electron chi connectivity index (χ2n) is 17.4. The molecule has 2 aliphatic carbocycles. The van der Waals surface area contributed by atoms with Crippen molar-refractivity contribution in [3.8, 4) is 0 Å². The first-order valence-electron chi connectivity index (χ1n) is 20.1. The molecule has 0 aromatic heterocycles. The first kappa shape index (κ1) is 45.0. The van der Waals surface area contributed by atoms with Gasteiger partial charge in [-0.2, -0.15) is 0 Å². The lowest BCUT2D eigenvalue weighted by molar-refractivity contribution is -0.323. The highest BCUT2D eigenvalue weighted by Crippen LogP contribution is 2.71. The first-order chi connectivity index (χ1) is 28.1. The Balaban J connectivity index is 1.65. The number of carbonyl (C=O) groups excluding carboxylic acids is 7. The number of esters is 7. The summed E-state index contributed by atoms with van der Waals surface area (Å²) in [6, 6.07) is 6.12. The van der Waals surface area contributed by atoms with E-state index in [1.54, 1.807) is 44.2 Å². The molecule has 60 heavy (non-hydrogen) atoms. The normalized spacial score (nSPS) is 36.4. The van der Waals surface area contributed by atoms with E-state index in [1.807, 2.05) is 18.7 Å². The van der Waals surface area contributed by atoms with Gasteiger partial charge in [-0.05, 0) is 84.2 Å². The Bertz CT molecular complexity index is 2030. The van der Waals surface area contributed by atoms with Crippen LogP contribution in [0.25, 0.3) is 0 Å². The zero-order chi connectivity index (χ0) is 44.3. The van der Waals surface area contributed by atoms with E-state index in [0.717, 1.165) is 0 Å². The van der Waals surface area contributed by atoms with Gasteiger partial charge < -0.3 is 33.2 Å². The molecule has 3 heterocycles. The minimum absolute atomic E-state index is 0.0362. The van der Waals surface area contributed by atoms with Crippen molar-refractivity contribution in [2.75, 3.05) is 20.3 Å². The number of nitrogens with zero attached hydrogens (tertiary/aromatic N) is 1. The Morgan fingerprint density at radius 3 is 2.07 bits per heavy atom. The second-order valence-corrected chi connectivity index (χ2v) is 18.3. The summed E-state index contributed by atoms with van der Waals surface area (Å²) in [5.74, 6) is -6.35. The van der Waals surface area contributed by atoms with E-state index >= 15 is 0 Å². The molecule has 326 valence electrons. The summed E-state index contributed by atoms with van der Waals surface area (Å²) in [7, 11) is 1.24. The third-order valence-corrected chi connectivity index (χ3v) is 14.9. The molecule has 0 spiro atoms. The molecule has 4 fully saturated rings. The van der Waals surface area contributed by atoms with Gasteiger partial charge in [0.05, 0.1) is 29.2 Å². The van der Waals surface area contributed by atoms with Crippen molar-refractivity contribution in [3.05, 3.63) is 58.1 Å². The van der Waals surface area contributed by atoms with Gasteiger partial charge in [-0.15, -0.1) is 0 Å². The third-order valence-electron chi connectivity index (χ3n) is 14.2. The molecule has 3 aliphatic heterocycles. The van der Waals surface area contributed by atoms with Crippen molar-refractivity contribution < 1.29 is 66.7 Å². The maximum atomic E-state index is 14.0. The van der Waals surface area contributed by atoms with Gasteiger partial charge in [-0.3, -0.25) is 28.9 Å². The molecule has 1 aromatic rings. The Kier molecular flexibility index (Phi) is 12.3. The van der Waals surface area contributed by atoms with Crippen LogP contribution in [0.5, 0.6) is 0 Å². The van der Waals surface area contributed by atoms with Crippen LogP contribution < -0.4 is 0 Å². The second kappa shape index (κ2) is 16.4. The molecule has 15 nitrogen and oxygen atoms in total. The van der Waals surface area contributed by atoms with Crippen LogP contribution in [-0.4, -0.2) is 109 Å². The molecule has 16 heteroatoms. The lowest BCUT2D eigenvalue weighted by atomic mass is 9.37. The molecule has 1 aromatic carbocycles. The van der Waals surface area contributed by atoms with Gasteiger partial charge >= 0.3 is 41.8 Å². The van der Waals surface area contributed by atoms with E-state index in [9.17, 15) is 33.6 Å². The van der Waals surface area contributed by atoms with Crippen LogP contribution in [0.4, 0.5) is 0 Å². The molecule has 12 atom stereocenters. The minimum Gasteiger partial charge on any atom is -0.466 e. The first-order valence-corrected chi connectivity index (χ1v) is 20.9. The van der Waals surface area contributed by atoms with Gasteiger partial charge in [0.15, 0.2) is 12.2 Å². The summed E-state index contributed by atoms with van der Waals surface area (Å²) in [5, 5.41) is 0. The highest BCUT2D eigenvalue weighted by atomic mass is 79.9. The number of carbonyl (C=O) groups is 7. The molecule has 0 bridgehead atoms. The topological polar surface area (TPSA) is 187 Å². The van der Waals surface area contributed by atoms with Crippen LogP contribution in [-0.2, 0) is 61.9 Å². The summed E-state index contributed by atoms with van der Waals surface area (Å²) in [6.45, 7) is 16.2. The van der Waals surface area contributed by atoms with Crippen molar-refractivity contribution in [2.45, 2.75) is 123 Å². The highest BCUT2D eigenvalue weighted by Gasteiger charge is 2.79. The zero-order valence-electron chi connectivity index (χ0n) is 35.5. The zero-order valence-corrected chi connectivity index (χ0v) is 37.1. The molecule has 5 aliphatic rings. The predicted molar refractivity (Wildman–Crippen MR) is 214 cm³/mol. The van der Waals surface area contributed by atoms with E-state index in [-0.39, 0.29) is 37.1 Å². The van der Waals surface area contributed by atoms with E-state index in [1.165, 1.54) is 34.8 Å². The smallest absolute Gasteiger partial charge is 0.339 e. The number of methoxy groups -OCH3 is 1. The fourth-order valence-electron chi connectivity index (χ4n) is 12.1. The standard InChI is InChI=1S/C44H54BrNO14/c1-22-19-29(40(53)54-10)43(9)38(60-27(6)50)37(59-26(5)49)42(8)32(46(43)20-22)17-18-41(7)31-15-16-33(51)55-21-44(31,23(2)56-39(52)28-13-11-12-14-30(28)45)36(58-25(4)48)34(35(41)42)57-24(3)47/h11-14,19,23,31-32,34-38H,1,15-18,20-21H2,2-10H3/t23?,31-,32?,34-,35?,36-,37+,38-,41-,42-,43+,44+/m0/s1. The number of benzene rings is 1. The molecule has 2 saturated carbocycles. The molecule has 0 N–H and O–H groups in total. The van der Waals surface area contributed by atoms with Crippen molar-refractivity contribution >= 4 is 57.7 Å². The van der Waals surface area contributed by atoms with Gasteiger partial charge in [-0.25, -0.2) is 9.59 Å². The molecule has 0 amide bonds. The van der Waals surface area contributed by atoms with E-state index < -0.39 is 112 Å². The van der Waals surface area contributed by atoms with Crippen molar-refractivity contribution in [1.29, 1.82) is 0 Å². The quantitative estimate of drug-likeness (QED) is 0.244. The SMILES string of the molecule is C=C1C=C(C(=O)OC)[C@]2(C)[C@@H](OC(C)=O)[C@@H](OC(C)=O)[C@@]3(C)C(CC[C@]4(C)C3[C@H](OC(C)=O)[C@H](OC(C)=O)[C@@]3(C(C)OC(=O)c5ccccc5Br)COC(=O)CC[C@H]34)N2C1. The summed E-state index contributed by atoms with van der Waals surface area (Å²) < 4.78 is 43.3. The van der Waals surface area contributed by atoms with Crippen LogP contribution >= 0.6 is 15.9 Å². The molecule has 2 saturated heterocycles. The Hall–Kier alpha value is -4.57. The molecule has 3 unspecified atom stereocenters. The summed E-state index contributed by atoms with van der Waals surface area (Å²) >= 11 is 3.43. The van der Waals surface area contributed by atoms with E-state index in [4.69, 9.17) is 33.2 Å². The Morgan fingerprint density at radius 1 is 0.867 bits per heavy atom. The fraction of sp³-hybridized carbons (Fsp3) is 0.614. The van der Waals surface area contributed by atoms with Gasteiger partial charge in [0, 0.05) is 62.5 Å². The van der Waals surface area contributed by atoms with Crippen LogP contribution in [0.15, 0.2) is 52.5 Å². The number of rotatable bonds is 8. The van der Waals surface area contributed by atoms with Crippen molar-refractivity contribution in [3.63, 3.8) is 0 Å². The predicted octanol–water partition coefficient (Wildman–Crippen LogP) is 5.21. The van der Waals surface area contributed by atoms with Crippen LogP contribution in [0.1, 0.15) is 91.4 Å². The summed E-state index contributed by atoms with van der Waals surface area (Å²) in [4.78, 5) is 96.6. The highest BCUT2D eigenvalue weighted by molar-refractivity contribution is 9.10. The fourth-order valence-corrected chi connectivity index (χ4v) is 12.5. The number of hydrogen-bond donors (Lipinski definition) is 0. The van der Waals surface area contributed by atoms with Crippen LogP contribution in [0, 0.1) is 28.1 Å². The van der Waals surface area contributed by atoms with Crippen LogP contribution in [0.3, 0.4) is 0 Å². The average Bonchev–Trinajstić information content (AvgIpc) is 3.34. The number of ether oxygens (including phenoxy) is 7. The lowest BCUT2D eigenvalue weighted by Gasteiger charge is -2.73. The molecular formula is C44H54BrNO14. The summed E-state index contributed by atoms with van der Waals surface area (Å²) in [5.41, 5.74) is -4.34. The maximum Gasteiger partial charge on any atom is 0.339 e. The van der Waals surface area contributed by atoms with Crippen molar-refractivity contribution in [2.24, 2.45) is 28.1 Å². The number of piperidine rings is 1. The average molecular weight is 901 g/mol. The minimum atomic E-state index is -1.50. The molecular weight excluding hydrogens is 846 g/mol. The van der Waals surface area contributed by atoms with Gasteiger partial charge in [0.1, 0.15) is 24.9 Å².